The van der Waals surface area contributed by atoms with Crippen LogP contribution in [0.15, 0.2) is 0 Å². The Morgan fingerprint density at radius 1 is 1.38 bits per heavy atom. The summed E-state index contributed by atoms with van der Waals surface area (Å²) in [5.41, 5.74) is 0. The number of hydrogen-bond acceptors (Lipinski definition) is 2. The van der Waals surface area contributed by atoms with Crippen LogP contribution in [0.4, 0.5) is 0 Å². The number of piperidine rings is 1. The van der Waals surface area contributed by atoms with Gasteiger partial charge in [-0.15, -0.1) is 0 Å². The molecule has 2 atom stereocenters. The molecule has 2 aliphatic heterocycles. The summed E-state index contributed by atoms with van der Waals surface area (Å²) in [6.07, 6.45) is 3.93. The van der Waals surface area contributed by atoms with Gasteiger partial charge in [0.1, 0.15) is 6.04 Å². The molecule has 0 aromatic carbocycles. The second-order valence-corrected chi connectivity index (χ2v) is 3.78. The number of carboxylic acid groups (broad SMARTS) is 1. The monoisotopic (exact) mass is 183 g/mol. The molecule has 4 heteroatoms. The first-order valence-electron chi connectivity index (χ1n) is 4.74. The van der Waals surface area contributed by atoms with Crippen LogP contribution < -0.4 is 0 Å². The number of rotatable bonds is 1. The van der Waals surface area contributed by atoms with Gasteiger partial charge in [0, 0.05) is 12.5 Å². The number of aliphatic carboxylic acids is 1. The summed E-state index contributed by atoms with van der Waals surface area (Å²) in [6.45, 7) is 0. The summed E-state index contributed by atoms with van der Waals surface area (Å²) < 4.78 is 0. The van der Waals surface area contributed by atoms with Crippen molar-refractivity contribution in [1.29, 1.82) is 0 Å². The summed E-state index contributed by atoms with van der Waals surface area (Å²) in [5.74, 6) is -0.820. The molecule has 1 amide bonds. The third kappa shape index (κ3) is 1.30. The smallest absolute Gasteiger partial charge is 0.326 e. The van der Waals surface area contributed by atoms with Gasteiger partial charge in [0.2, 0.25) is 5.91 Å². The zero-order valence-corrected chi connectivity index (χ0v) is 7.40. The minimum absolute atomic E-state index is 0.0288. The molecule has 0 aromatic rings. The second kappa shape index (κ2) is 3.01. The third-order valence-electron chi connectivity index (χ3n) is 3.00. The molecule has 72 valence electrons. The van der Waals surface area contributed by atoms with Crippen LogP contribution in [0.25, 0.3) is 0 Å². The van der Waals surface area contributed by atoms with E-state index in [1.807, 2.05) is 0 Å². The molecule has 2 saturated heterocycles. The topological polar surface area (TPSA) is 57.6 Å². The molecular weight excluding hydrogens is 170 g/mol. The van der Waals surface area contributed by atoms with Gasteiger partial charge in [-0.1, -0.05) is 0 Å². The lowest BCUT2D eigenvalue weighted by atomic mass is 10.0. The highest BCUT2D eigenvalue weighted by Gasteiger charge is 2.42. The number of amides is 1. The zero-order chi connectivity index (χ0) is 9.42. The van der Waals surface area contributed by atoms with E-state index in [0.717, 1.165) is 19.3 Å². The number of carbonyl (C=O) groups is 2. The van der Waals surface area contributed by atoms with Crippen LogP contribution in [0.3, 0.4) is 0 Å². The molecule has 0 aliphatic carbocycles. The van der Waals surface area contributed by atoms with E-state index in [4.69, 9.17) is 5.11 Å². The van der Waals surface area contributed by atoms with E-state index in [1.54, 1.807) is 4.90 Å². The lowest BCUT2D eigenvalue weighted by Gasteiger charge is -2.32. The number of carboxylic acids is 1. The van der Waals surface area contributed by atoms with Crippen LogP contribution in [0.2, 0.25) is 0 Å². The molecular formula is C9H13NO3. The van der Waals surface area contributed by atoms with Gasteiger partial charge < -0.3 is 10.0 Å². The Hall–Kier alpha value is -1.06. The third-order valence-corrected chi connectivity index (χ3v) is 3.00. The molecule has 2 aliphatic rings. The van der Waals surface area contributed by atoms with E-state index in [1.165, 1.54) is 0 Å². The van der Waals surface area contributed by atoms with Crippen molar-refractivity contribution in [3.63, 3.8) is 0 Å². The SMILES string of the molecule is O=C(O)C1CCC2CCCC(=O)N21. The van der Waals surface area contributed by atoms with Crippen LogP contribution in [0, 0.1) is 0 Å². The van der Waals surface area contributed by atoms with Crippen molar-refractivity contribution in [3.05, 3.63) is 0 Å². The molecule has 0 aromatic heterocycles. The van der Waals surface area contributed by atoms with E-state index in [-0.39, 0.29) is 11.9 Å². The molecule has 0 bridgehead atoms. The predicted molar refractivity (Wildman–Crippen MR) is 45.1 cm³/mol. The molecule has 2 heterocycles. The van der Waals surface area contributed by atoms with Gasteiger partial charge in [0.25, 0.3) is 0 Å². The van der Waals surface area contributed by atoms with E-state index in [2.05, 4.69) is 0 Å². The summed E-state index contributed by atoms with van der Waals surface area (Å²) in [7, 11) is 0. The van der Waals surface area contributed by atoms with E-state index >= 15 is 0 Å². The lowest BCUT2D eigenvalue weighted by Crippen LogP contribution is -2.47. The quantitative estimate of drug-likeness (QED) is 0.648. The molecule has 2 unspecified atom stereocenters. The Balaban J connectivity index is 2.18. The van der Waals surface area contributed by atoms with Crippen molar-refractivity contribution in [3.8, 4) is 0 Å². The summed E-state index contributed by atoms with van der Waals surface area (Å²) in [6, 6.07) is -0.333. The van der Waals surface area contributed by atoms with Crippen molar-refractivity contribution >= 4 is 11.9 Å². The summed E-state index contributed by atoms with van der Waals surface area (Å²) in [5, 5.41) is 8.88. The maximum Gasteiger partial charge on any atom is 0.326 e. The Kier molecular flexibility index (Phi) is 1.98. The first-order valence-corrected chi connectivity index (χ1v) is 4.74. The van der Waals surface area contributed by atoms with Crippen LogP contribution in [0.1, 0.15) is 32.1 Å². The van der Waals surface area contributed by atoms with Crippen molar-refractivity contribution in [2.45, 2.75) is 44.2 Å². The minimum atomic E-state index is -0.849. The molecule has 4 nitrogen and oxygen atoms in total. The number of fused-ring (bicyclic) bond motifs is 1. The molecule has 13 heavy (non-hydrogen) atoms. The fourth-order valence-electron chi connectivity index (χ4n) is 2.40. The van der Waals surface area contributed by atoms with Crippen molar-refractivity contribution in [1.82, 2.24) is 4.90 Å². The number of carbonyl (C=O) groups excluding carboxylic acids is 1. The molecule has 1 N–H and O–H groups in total. The van der Waals surface area contributed by atoms with Crippen molar-refractivity contribution in [2.75, 3.05) is 0 Å². The van der Waals surface area contributed by atoms with Gasteiger partial charge in [-0.25, -0.2) is 4.79 Å². The standard InChI is InChI=1S/C9H13NO3/c11-8-3-1-2-6-4-5-7(9(12)13)10(6)8/h6-7H,1-5H2,(H,12,13). The van der Waals surface area contributed by atoms with Crippen LogP contribution in [0.5, 0.6) is 0 Å². The lowest BCUT2D eigenvalue weighted by molar-refractivity contribution is -0.151. The van der Waals surface area contributed by atoms with Crippen LogP contribution in [-0.4, -0.2) is 34.0 Å². The van der Waals surface area contributed by atoms with Gasteiger partial charge in [-0.05, 0) is 25.7 Å². The maximum atomic E-state index is 11.5. The fourth-order valence-corrected chi connectivity index (χ4v) is 2.40. The fraction of sp³-hybridized carbons (Fsp3) is 0.778. The molecule has 2 fully saturated rings. The number of nitrogens with zero attached hydrogens (tertiary/aromatic N) is 1. The first kappa shape index (κ1) is 8.53. The van der Waals surface area contributed by atoms with E-state index < -0.39 is 12.0 Å². The van der Waals surface area contributed by atoms with Crippen LogP contribution in [-0.2, 0) is 9.59 Å². The first-order chi connectivity index (χ1) is 6.20. The molecule has 0 saturated carbocycles. The van der Waals surface area contributed by atoms with Gasteiger partial charge in [-0.3, -0.25) is 4.79 Å². The normalized spacial score (nSPS) is 33.2. The molecule has 0 spiro atoms. The van der Waals surface area contributed by atoms with Crippen molar-refractivity contribution in [2.24, 2.45) is 0 Å². The zero-order valence-electron chi connectivity index (χ0n) is 7.40. The van der Waals surface area contributed by atoms with E-state index in [9.17, 15) is 9.59 Å². The average molecular weight is 183 g/mol. The molecule has 2 rings (SSSR count). The molecule has 0 radical (unpaired) electrons. The maximum absolute atomic E-state index is 11.5. The largest absolute Gasteiger partial charge is 0.480 e. The van der Waals surface area contributed by atoms with Gasteiger partial charge >= 0.3 is 5.97 Å². The van der Waals surface area contributed by atoms with Gasteiger partial charge in [-0.2, -0.15) is 0 Å². The van der Waals surface area contributed by atoms with E-state index in [0.29, 0.717) is 12.8 Å². The highest BCUT2D eigenvalue weighted by Crippen LogP contribution is 2.32. The second-order valence-electron chi connectivity index (χ2n) is 3.78. The summed E-state index contributed by atoms with van der Waals surface area (Å²) in [4.78, 5) is 23.9. The Labute approximate surface area is 76.5 Å². The van der Waals surface area contributed by atoms with Crippen molar-refractivity contribution < 1.29 is 14.7 Å². The Bertz CT molecular complexity index is 251. The highest BCUT2D eigenvalue weighted by molar-refractivity contribution is 5.85. The number of hydrogen-bond donors (Lipinski definition) is 1. The Morgan fingerprint density at radius 2 is 2.15 bits per heavy atom. The highest BCUT2D eigenvalue weighted by atomic mass is 16.4. The van der Waals surface area contributed by atoms with Gasteiger partial charge in [0.05, 0.1) is 0 Å². The summed E-state index contributed by atoms with van der Waals surface area (Å²) >= 11 is 0. The minimum Gasteiger partial charge on any atom is -0.480 e. The predicted octanol–water partition coefficient (Wildman–Crippen LogP) is 0.615. The Morgan fingerprint density at radius 3 is 2.85 bits per heavy atom. The average Bonchev–Trinajstić information content (AvgIpc) is 2.49. The van der Waals surface area contributed by atoms with Crippen LogP contribution >= 0.6 is 0 Å². The van der Waals surface area contributed by atoms with Gasteiger partial charge in [0.15, 0.2) is 0 Å².